The monoisotopic (exact) mass is 338 g/mol. The SMILES string of the molecule is O=C(NC[C@H]1CCN(Cc2cccc(-n3cccn3)c2)C1)C1CCC1. The van der Waals surface area contributed by atoms with Crippen molar-refractivity contribution in [3.63, 3.8) is 0 Å². The lowest BCUT2D eigenvalue weighted by Gasteiger charge is -2.25. The summed E-state index contributed by atoms with van der Waals surface area (Å²) in [5.41, 5.74) is 2.41. The van der Waals surface area contributed by atoms with Gasteiger partial charge in [0.2, 0.25) is 5.91 Å². The van der Waals surface area contributed by atoms with E-state index in [1.807, 2.05) is 16.9 Å². The molecule has 1 aromatic carbocycles. The number of carbonyl (C=O) groups excluding carboxylic acids is 1. The quantitative estimate of drug-likeness (QED) is 0.881. The molecule has 5 heteroatoms. The molecule has 25 heavy (non-hydrogen) atoms. The lowest BCUT2D eigenvalue weighted by atomic mass is 9.85. The van der Waals surface area contributed by atoms with Gasteiger partial charge >= 0.3 is 0 Å². The molecule has 4 rings (SSSR count). The van der Waals surface area contributed by atoms with Crippen LogP contribution in [0.5, 0.6) is 0 Å². The van der Waals surface area contributed by atoms with Crippen LogP contribution in [0.4, 0.5) is 0 Å². The van der Waals surface area contributed by atoms with Gasteiger partial charge in [0.25, 0.3) is 0 Å². The van der Waals surface area contributed by atoms with Crippen molar-refractivity contribution in [2.75, 3.05) is 19.6 Å². The normalized spacial score (nSPS) is 21.2. The first kappa shape index (κ1) is 16.3. The average Bonchev–Trinajstić information content (AvgIpc) is 3.23. The number of likely N-dealkylation sites (tertiary alicyclic amines) is 1. The van der Waals surface area contributed by atoms with Crippen LogP contribution in [0.2, 0.25) is 0 Å². The van der Waals surface area contributed by atoms with Crippen LogP contribution in [0.3, 0.4) is 0 Å². The molecule has 1 aliphatic heterocycles. The molecule has 2 heterocycles. The summed E-state index contributed by atoms with van der Waals surface area (Å²) in [7, 11) is 0. The van der Waals surface area contributed by atoms with E-state index in [1.54, 1.807) is 6.20 Å². The summed E-state index contributed by atoms with van der Waals surface area (Å²) in [6.07, 6.45) is 8.31. The van der Waals surface area contributed by atoms with E-state index in [4.69, 9.17) is 0 Å². The molecular formula is C20H26N4O. The van der Waals surface area contributed by atoms with Crippen molar-refractivity contribution >= 4 is 5.91 Å². The molecule has 0 radical (unpaired) electrons. The number of carbonyl (C=O) groups is 1. The van der Waals surface area contributed by atoms with Gasteiger partial charge in [0.1, 0.15) is 0 Å². The zero-order chi connectivity index (χ0) is 17.1. The Bertz CT molecular complexity index is 708. The molecule has 1 saturated heterocycles. The summed E-state index contributed by atoms with van der Waals surface area (Å²) in [5.74, 6) is 1.15. The van der Waals surface area contributed by atoms with Gasteiger partial charge in [-0.3, -0.25) is 9.69 Å². The Morgan fingerprint density at radius 3 is 2.92 bits per heavy atom. The van der Waals surface area contributed by atoms with Gasteiger partial charge in [0.15, 0.2) is 0 Å². The second-order valence-electron chi connectivity index (χ2n) is 7.38. The number of aromatic nitrogens is 2. The van der Waals surface area contributed by atoms with Crippen LogP contribution < -0.4 is 5.32 Å². The molecule has 1 aliphatic carbocycles. The summed E-state index contributed by atoms with van der Waals surface area (Å²) < 4.78 is 1.90. The van der Waals surface area contributed by atoms with Crippen molar-refractivity contribution in [1.82, 2.24) is 20.0 Å². The average molecular weight is 338 g/mol. The third-order valence-electron chi connectivity index (χ3n) is 5.50. The standard InChI is InChI=1S/C20H26N4O/c25-20(18-5-2-6-18)21-13-17-8-11-23(15-17)14-16-4-1-7-19(12-16)24-10-3-9-22-24/h1,3-4,7,9-10,12,17-18H,2,5-6,8,11,13-15H2,(H,21,25)/t17-/m1/s1. The molecule has 1 amide bonds. The predicted molar refractivity (Wildman–Crippen MR) is 97.3 cm³/mol. The van der Waals surface area contributed by atoms with Crippen molar-refractivity contribution in [1.29, 1.82) is 0 Å². The molecule has 1 aromatic heterocycles. The highest BCUT2D eigenvalue weighted by atomic mass is 16.1. The maximum Gasteiger partial charge on any atom is 0.223 e. The fourth-order valence-corrected chi connectivity index (χ4v) is 3.76. The summed E-state index contributed by atoms with van der Waals surface area (Å²) in [6.45, 7) is 3.97. The lowest BCUT2D eigenvalue weighted by Crippen LogP contribution is -2.37. The maximum absolute atomic E-state index is 12.0. The zero-order valence-electron chi connectivity index (χ0n) is 14.6. The lowest BCUT2D eigenvalue weighted by molar-refractivity contribution is -0.127. The molecule has 2 fully saturated rings. The molecule has 2 aliphatic rings. The minimum absolute atomic E-state index is 0.275. The van der Waals surface area contributed by atoms with E-state index in [0.29, 0.717) is 11.8 Å². The Labute approximate surface area is 149 Å². The summed E-state index contributed by atoms with van der Waals surface area (Å²) in [5, 5.41) is 7.46. The summed E-state index contributed by atoms with van der Waals surface area (Å²) in [6, 6.07) is 10.5. The predicted octanol–water partition coefficient (Wildman–Crippen LogP) is 2.61. The van der Waals surface area contributed by atoms with Crippen LogP contribution in [0.1, 0.15) is 31.2 Å². The zero-order valence-corrected chi connectivity index (χ0v) is 14.6. The molecule has 0 spiro atoms. The molecule has 1 atom stereocenters. The smallest absolute Gasteiger partial charge is 0.223 e. The Morgan fingerprint density at radius 1 is 1.24 bits per heavy atom. The number of amides is 1. The third-order valence-corrected chi connectivity index (χ3v) is 5.50. The molecule has 0 bridgehead atoms. The van der Waals surface area contributed by atoms with E-state index in [1.165, 1.54) is 18.4 Å². The van der Waals surface area contributed by atoms with E-state index >= 15 is 0 Å². The van der Waals surface area contributed by atoms with Crippen molar-refractivity contribution in [2.45, 2.75) is 32.2 Å². The Hall–Kier alpha value is -2.14. The summed E-state index contributed by atoms with van der Waals surface area (Å²) in [4.78, 5) is 14.5. The molecule has 0 unspecified atom stereocenters. The molecule has 1 saturated carbocycles. The van der Waals surface area contributed by atoms with Crippen molar-refractivity contribution < 1.29 is 4.79 Å². The fourth-order valence-electron chi connectivity index (χ4n) is 3.76. The van der Waals surface area contributed by atoms with Crippen LogP contribution >= 0.6 is 0 Å². The van der Waals surface area contributed by atoms with Crippen LogP contribution in [0.25, 0.3) is 5.69 Å². The highest BCUT2D eigenvalue weighted by Gasteiger charge is 2.27. The second kappa shape index (κ2) is 7.40. The molecule has 1 N–H and O–H groups in total. The highest BCUT2D eigenvalue weighted by molar-refractivity contribution is 5.79. The van der Waals surface area contributed by atoms with E-state index < -0.39 is 0 Å². The van der Waals surface area contributed by atoms with E-state index in [-0.39, 0.29) is 5.91 Å². The second-order valence-corrected chi connectivity index (χ2v) is 7.38. The number of rotatable bonds is 6. The van der Waals surface area contributed by atoms with Gasteiger partial charge in [-0.05, 0) is 55.5 Å². The van der Waals surface area contributed by atoms with Gasteiger partial charge < -0.3 is 5.32 Å². The first-order valence-electron chi connectivity index (χ1n) is 9.37. The Kier molecular flexibility index (Phi) is 4.83. The topological polar surface area (TPSA) is 50.2 Å². The van der Waals surface area contributed by atoms with Crippen LogP contribution in [-0.2, 0) is 11.3 Å². The number of nitrogens with one attached hydrogen (secondary N) is 1. The number of benzene rings is 1. The molecule has 5 nitrogen and oxygen atoms in total. The van der Waals surface area contributed by atoms with E-state index in [2.05, 4.69) is 39.6 Å². The van der Waals surface area contributed by atoms with Crippen molar-refractivity contribution in [3.8, 4) is 5.69 Å². The van der Waals surface area contributed by atoms with Gasteiger partial charge in [0, 0.05) is 37.9 Å². The van der Waals surface area contributed by atoms with Crippen LogP contribution in [0.15, 0.2) is 42.7 Å². The van der Waals surface area contributed by atoms with Gasteiger partial charge in [-0.15, -0.1) is 0 Å². The van der Waals surface area contributed by atoms with Crippen LogP contribution in [0, 0.1) is 11.8 Å². The summed E-state index contributed by atoms with van der Waals surface area (Å²) >= 11 is 0. The Morgan fingerprint density at radius 2 is 2.16 bits per heavy atom. The minimum Gasteiger partial charge on any atom is -0.356 e. The van der Waals surface area contributed by atoms with Crippen molar-refractivity contribution in [3.05, 3.63) is 48.3 Å². The number of hydrogen-bond donors (Lipinski definition) is 1. The highest BCUT2D eigenvalue weighted by Crippen LogP contribution is 2.26. The first-order chi connectivity index (χ1) is 12.3. The molecule has 132 valence electrons. The van der Waals surface area contributed by atoms with E-state index in [0.717, 1.165) is 44.7 Å². The maximum atomic E-state index is 12.0. The minimum atomic E-state index is 0.275. The van der Waals surface area contributed by atoms with Gasteiger partial charge in [-0.2, -0.15) is 5.10 Å². The van der Waals surface area contributed by atoms with Crippen LogP contribution in [-0.4, -0.2) is 40.2 Å². The molecular weight excluding hydrogens is 312 g/mol. The Balaban J connectivity index is 1.28. The van der Waals surface area contributed by atoms with Gasteiger partial charge in [0.05, 0.1) is 5.69 Å². The third kappa shape index (κ3) is 3.93. The largest absolute Gasteiger partial charge is 0.356 e. The molecule has 2 aromatic rings. The number of hydrogen-bond acceptors (Lipinski definition) is 3. The van der Waals surface area contributed by atoms with Crippen molar-refractivity contribution in [2.24, 2.45) is 11.8 Å². The van der Waals surface area contributed by atoms with Gasteiger partial charge in [-0.1, -0.05) is 18.6 Å². The fraction of sp³-hybridized carbons (Fsp3) is 0.500. The first-order valence-corrected chi connectivity index (χ1v) is 9.37. The van der Waals surface area contributed by atoms with Gasteiger partial charge in [-0.25, -0.2) is 4.68 Å². The van der Waals surface area contributed by atoms with E-state index in [9.17, 15) is 4.79 Å². The number of nitrogens with zero attached hydrogens (tertiary/aromatic N) is 3.